The minimum Gasteiger partial charge on any atom is -0.294 e. The van der Waals surface area contributed by atoms with Gasteiger partial charge in [0.25, 0.3) is 0 Å². The summed E-state index contributed by atoms with van der Waals surface area (Å²) in [5, 5.41) is 4.91. The van der Waals surface area contributed by atoms with Crippen molar-refractivity contribution in [3.05, 3.63) is 52.1 Å². The molecule has 0 saturated heterocycles. The molecule has 1 aromatic heterocycles. The van der Waals surface area contributed by atoms with Gasteiger partial charge in [-0.25, -0.2) is 4.39 Å². The number of carbonyl (C=O) groups is 1. The van der Waals surface area contributed by atoms with Gasteiger partial charge in [0, 0.05) is 12.1 Å². The Hall–Kier alpha value is -1.68. The summed E-state index contributed by atoms with van der Waals surface area (Å²) in [4.78, 5) is 12.2. The zero-order valence-corrected chi connectivity index (χ0v) is 12.2. The van der Waals surface area contributed by atoms with Crippen LogP contribution in [0.25, 0.3) is 0 Å². The number of ketones is 1. The SMILES string of the molecule is CCc1nn(CC)c(CC(=O)c2cccc(F)c2)c1Cl. The number of nitrogens with zero attached hydrogens (tertiary/aromatic N) is 2. The van der Waals surface area contributed by atoms with Crippen LogP contribution in [0, 0.1) is 5.82 Å². The molecular formula is C15H16ClFN2O. The molecule has 0 radical (unpaired) electrons. The smallest absolute Gasteiger partial charge is 0.168 e. The highest BCUT2D eigenvalue weighted by molar-refractivity contribution is 6.32. The molecule has 5 heteroatoms. The van der Waals surface area contributed by atoms with E-state index in [0.29, 0.717) is 29.2 Å². The standard InChI is InChI=1S/C15H16ClFN2O/c1-3-12-15(16)13(19(4-2)18-12)9-14(20)10-6-5-7-11(17)8-10/h5-8H,3-4,9H2,1-2H3. The van der Waals surface area contributed by atoms with Crippen molar-refractivity contribution in [3.8, 4) is 0 Å². The van der Waals surface area contributed by atoms with Crippen LogP contribution in [0.15, 0.2) is 24.3 Å². The number of Topliss-reactive ketones (excluding diaryl/α,β-unsaturated/α-hetero) is 1. The second-order valence-electron chi connectivity index (χ2n) is 4.49. The van der Waals surface area contributed by atoms with Crippen molar-refractivity contribution in [1.29, 1.82) is 0 Å². The van der Waals surface area contributed by atoms with E-state index in [0.717, 1.165) is 5.69 Å². The molecule has 0 N–H and O–H groups in total. The summed E-state index contributed by atoms with van der Waals surface area (Å²) < 4.78 is 14.9. The average Bonchev–Trinajstić information content (AvgIpc) is 2.75. The van der Waals surface area contributed by atoms with E-state index in [9.17, 15) is 9.18 Å². The van der Waals surface area contributed by atoms with Gasteiger partial charge in [-0.2, -0.15) is 5.10 Å². The van der Waals surface area contributed by atoms with Crippen molar-refractivity contribution in [1.82, 2.24) is 9.78 Å². The fourth-order valence-corrected chi connectivity index (χ4v) is 2.44. The lowest BCUT2D eigenvalue weighted by Gasteiger charge is -2.05. The quantitative estimate of drug-likeness (QED) is 0.788. The first-order chi connectivity index (χ1) is 9.56. The molecule has 0 fully saturated rings. The Morgan fingerprint density at radius 2 is 2.15 bits per heavy atom. The predicted octanol–water partition coefficient (Wildman–Crippen LogP) is 3.68. The second kappa shape index (κ2) is 6.18. The number of benzene rings is 1. The van der Waals surface area contributed by atoms with Crippen LogP contribution in [0.2, 0.25) is 5.02 Å². The highest BCUT2D eigenvalue weighted by Gasteiger charge is 2.18. The number of aromatic nitrogens is 2. The number of hydrogen-bond acceptors (Lipinski definition) is 2. The molecule has 2 aromatic rings. The van der Waals surface area contributed by atoms with Gasteiger partial charge in [0.05, 0.1) is 22.8 Å². The van der Waals surface area contributed by atoms with Crippen LogP contribution in [0.3, 0.4) is 0 Å². The van der Waals surface area contributed by atoms with Crippen LogP contribution in [0.4, 0.5) is 4.39 Å². The number of rotatable bonds is 5. The van der Waals surface area contributed by atoms with E-state index >= 15 is 0 Å². The van der Waals surface area contributed by atoms with Crippen molar-refractivity contribution >= 4 is 17.4 Å². The zero-order valence-electron chi connectivity index (χ0n) is 11.5. The minimum absolute atomic E-state index is 0.128. The largest absolute Gasteiger partial charge is 0.294 e. The van der Waals surface area contributed by atoms with Gasteiger partial charge in [-0.15, -0.1) is 0 Å². The fraction of sp³-hybridized carbons (Fsp3) is 0.333. The molecule has 3 nitrogen and oxygen atoms in total. The highest BCUT2D eigenvalue weighted by Crippen LogP contribution is 2.23. The maximum Gasteiger partial charge on any atom is 0.168 e. The molecule has 0 atom stereocenters. The van der Waals surface area contributed by atoms with E-state index in [1.807, 2.05) is 13.8 Å². The summed E-state index contributed by atoms with van der Waals surface area (Å²) >= 11 is 6.26. The van der Waals surface area contributed by atoms with E-state index in [1.54, 1.807) is 10.7 Å². The Morgan fingerprint density at radius 3 is 2.75 bits per heavy atom. The van der Waals surface area contributed by atoms with Gasteiger partial charge in [0.15, 0.2) is 5.78 Å². The molecule has 0 amide bonds. The number of aryl methyl sites for hydroxylation is 2. The second-order valence-corrected chi connectivity index (χ2v) is 4.86. The average molecular weight is 295 g/mol. The molecule has 0 saturated carbocycles. The molecule has 2 rings (SSSR count). The van der Waals surface area contributed by atoms with Gasteiger partial charge in [0.2, 0.25) is 0 Å². The fourth-order valence-electron chi connectivity index (χ4n) is 2.10. The number of halogens is 2. The van der Waals surface area contributed by atoms with Gasteiger partial charge >= 0.3 is 0 Å². The minimum atomic E-state index is -0.416. The Bertz CT molecular complexity index is 637. The van der Waals surface area contributed by atoms with Crippen molar-refractivity contribution in [2.45, 2.75) is 33.2 Å². The van der Waals surface area contributed by atoms with Gasteiger partial charge in [0.1, 0.15) is 5.82 Å². The van der Waals surface area contributed by atoms with Crippen molar-refractivity contribution in [2.75, 3.05) is 0 Å². The molecule has 1 aromatic carbocycles. The predicted molar refractivity (Wildman–Crippen MR) is 76.7 cm³/mol. The lowest BCUT2D eigenvalue weighted by Crippen LogP contribution is -2.10. The summed E-state index contributed by atoms with van der Waals surface area (Å²) in [6, 6.07) is 5.68. The van der Waals surface area contributed by atoms with E-state index < -0.39 is 5.82 Å². The first-order valence-electron chi connectivity index (χ1n) is 6.59. The molecule has 0 spiro atoms. The summed E-state index contributed by atoms with van der Waals surface area (Å²) in [6.45, 7) is 4.55. The number of hydrogen-bond donors (Lipinski definition) is 0. The molecule has 0 unspecified atom stereocenters. The summed E-state index contributed by atoms with van der Waals surface area (Å²) in [5.74, 6) is -0.580. The zero-order chi connectivity index (χ0) is 14.7. The van der Waals surface area contributed by atoms with Crippen molar-refractivity contribution in [2.24, 2.45) is 0 Å². The Kier molecular flexibility index (Phi) is 4.55. The summed E-state index contributed by atoms with van der Waals surface area (Å²) in [6.07, 6.45) is 0.843. The number of carbonyl (C=O) groups excluding carboxylic acids is 1. The molecular weight excluding hydrogens is 279 g/mol. The van der Waals surface area contributed by atoms with E-state index in [-0.39, 0.29) is 12.2 Å². The van der Waals surface area contributed by atoms with E-state index in [1.165, 1.54) is 18.2 Å². The lowest BCUT2D eigenvalue weighted by molar-refractivity contribution is 0.0990. The van der Waals surface area contributed by atoms with Crippen LogP contribution in [-0.4, -0.2) is 15.6 Å². The third kappa shape index (κ3) is 2.90. The molecule has 0 bridgehead atoms. The lowest BCUT2D eigenvalue weighted by atomic mass is 10.1. The van der Waals surface area contributed by atoms with Crippen LogP contribution in [0.5, 0.6) is 0 Å². The molecule has 20 heavy (non-hydrogen) atoms. The van der Waals surface area contributed by atoms with Gasteiger partial charge < -0.3 is 0 Å². The van der Waals surface area contributed by atoms with Crippen LogP contribution in [0.1, 0.15) is 35.6 Å². The Morgan fingerprint density at radius 1 is 1.40 bits per heavy atom. The summed E-state index contributed by atoms with van der Waals surface area (Å²) in [7, 11) is 0. The van der Waals surface area contributed by atoms with Crippen molar-refractivity contribution < 1.29 is 9.18 Å². The maximum atomic E-state index is 13.2. The third-order valence-electron chi connectivity index (χ3n) is 3.17. The first kappa shape index (κ1) is 14.7. The van der Waals surface area contributed by atoms with Crippen LogP contribution >= 0.6 is 11.6 Å². The van der Waals surface area contributed by atoms with Gasteiger partial charge in [-0.1, -0.05) is 30.7 Å². The van der Waals surface area contributed by atoms with Crippen LogP contribution < -0.4 is 0 Å². The Labute approximate surface area is 122 Å². The highest BCUT2D eigenvalue weighted by atomic mass is 35.5. The monoisotopic (exact) mass is 294 g/mol. The van der Waals surface area contributed by atoms with Crippen LogP contribution in [-0.2, 0) is 19.4 Å². The Balaban J connectivity index is 2.30. The van der Waals surface area contributed by atoms with Gasteiger partial charge in [-0.05, 0) is 25.5 Å². The van der Waals surface area contributed by atoms with Crippen molar-refractivity contribution in [3.63, 3.8) is 0 Å². The maximum absolute atomic E-state index is 13.2. The molecule has 106 valence electrons. The molecule has 0 aliphatic carbocycles. The van der Waals surface area contributed by atoms with E-state index in [2.05, 4.69) is 5.10 Å². The summed E-state index contributed by atoms with van der Waals surface area (Å²) in [5.41, 5.74) is 1.83. The third-order valence-corrected chi connectivity index (χ3v) is 3.61. The van der Waals surface area contributed by atoms with E-state index in [4.69, 9.17) is 11.6 Å². The molecule has 0 aliphatic heterocycles. The molecule has 0 aliphatic rings. The first-order valence-corrected chi connectivity index (χ1v) is 6.97. The molecule has 1 heterocycles. The van der Waals surface area contributed by atoms with Gasteiger partial charge in [-0.3, -0.25) is 9.48 Å². The topological polar surface area (TPSA) is 34.9 Å². The normalized spacial score (nSPS) is 10.8.